The monoisotopic (exact) mass is 219 g/mol. The van der Waals surface area contributed by atoms with Gasteiger partial charge in [0.15, 0.2) is 0 Å². The number of furan rings is 1. The number of hydrogen-bond acceptors (Lipinski definition) is 2. The van der Waals surface area contributed by atoms with Gasteiger partial charge in [0.25, 0.3) is 0 Å². The lowest BCUT2D eigenvalue weighted by molar-refractivity contribution is 0.339. The second-order valence-corrected chi connectivity index (χ2v) is 5.48. The fourth-order valence-electron chi connectivity index (χ4n) is 3.34. The summed E-state index contributed by atoms with van der Waals surface area (Å²) in [4.78, 5) is 0. The molecular weight excluding hydrogens is 198 g/mol. The molecule has 0 radical (unpaired) electrons. The Bertz CT molecular complexity index is 323. The van der Waals surface area contributed by atoms with Gasteiger partial charge in [-0.3, -0.25) is 0 Å². The van der Waals surface area contributed by atoms with E-state index in [1.54, 1.807) is 6.26 Å². The van der Waals surface area contributed by atoms with E-state index in [0.717, 1.165) is 24.3 Å². The third-order valence-electron chi connectivity index (χ3n) is 4.27. The number of rotatable bonds is 5. The van der Waals surface area contributed by atoms with Crippen molar-refractivity contribution in [1.82, 2.24) is 5.32 Å². The minimum atomic E-state index is 0.534. The lowest BCUT2D eigenvalue weighted by Crippen LogP contribution is -2.28. The van der Waals surface area contributed by atoms with Crippen LogP contribution < -0.4 is 5.32 Å². The molecule has 1 aromatic rings. The quantitative estimate of drug-likeness (QED) is 0.821. The fourth-order valence-corrected chi connectivity index (χ4v) is 3.34. The first kappa shape index (κ1) is 10.4. The van der Waals surface area contributed by atoms with Gasteiger partial charge in [-0.25, -0.2) is 0 Å². The van der Waals surface area contributed by atoms with Crippen LogP contribution in [0.1, 0.15) is 44.2 Å². The highest BCUT2D eigenvalue weighted by Gasteiger charge is 2.48. The molecule has 2 saturated carbocycles. The SMILES string of the molecule is CCCNC(c1ccoc1)C1CC2CC2C1. The highest BCUT2D eigenvalue weighted by atomic mass is 16.3. The Balaban J connectivity index is 1.68. The van der Waals surface area contributed by atoms with E-state index in [4.69, 9.17) is 4.42 Å². The highest BCUT2D eigenvalue weighted by molar-refractivity contribution is 5.15. The summed E-state index contributed by atoms with van der Waals surface area (Å²) in [7, 11) is 0. The average molecular weight is 219 g/mol. The van der Waals surface area contributed by atoms with Crippen LogP contribution in [-0.2, 0) is 0 Å². The molecule has 88 valence electrons. The molecule has 2 heteroatoms. The van der Waals surface area contributed by atoms with Gasteiger partial charge < -0.3 is 9.73 Å². The molecular formula is C14H21NO. The molecule has 2 fully saturated rings. The van der Waals surface area contributed by atoms with Crippen molar-refractivity contribution in [3.05, 3.63) is 24.2 Å². The maximum absolute atomic E-state index is 5.23. The van der Waals surface area contributed by atoms with Crippen LogP contribution in [0.2, 0.25) is 0 Å². The van der Waals surface area contributed by atoms with Crippen molar-refractivity contribution in [2.24, 2.45) is 17.8 Å². The molecule has 2 aliphatic carbocycles. The first-order chi connectivity index (χ1) is 7.88. The average Bonchev–Trinajstić information content (AvgIpc) is 2.73. The van der Waals surface area contributed by atoms with Crippen LogP contribution in [0.3, 0.4) is 0 Å². The number of nitrogens with one attached hydrogen (secondary N) is 1. The highest BCUT2D eigenvalue weighted by Crippen LogP contribution is 2.57. The number of hydrogen-bond donors (Lipinski definition) is 1. The summed E-state index contributed by atoms with van der Waals surface area (Å²) in [6.07, 6.45) is 9.27. The summed E-state index contributed by atoms with van der Waals surface area (Å²) in [6.45, 7) is 3.34. The van der Waals surface area contributed by atoms with Gasteiger partial charge in [-0.2, -0.15) is 0 Å². The predicted molar refractivity (Wildman–Crippen MR) is 64.1 cm³/mol. The fraction of sp³-hybridized carbons (Fsp3) is 0.714. The van der Waals surface area contributed by atoms with Crippen LogP contribution >= 0.6 is 0 Å². The second kappa shape index (κ2) is 4.25. The van der Waals surface area contributed by atoms with Crippen molar-refractivity contribution in [3.8, 4) is 0 Å². The number of fused-ring (bicyclic) bond motifs is 1. The standard InChI is InChI=1S/C14H21NO/c1-2-4-15-14(10-3-5-16-9-10)13-7-11-6-12(11)8-13/h3,5,9,11-15H,2,4,6-8H2,1H3. The molecule has 3 rings (SSSR count). The minimum absolute atomic E-state index is 0.534. The lowest BCUT2D eigenvalue weighted by atomic mass is 9.90. The van der Waals surface area contributed by atoms with Crippen molar-refractivity contribution < 1.29 is 4.42 Å². The van der Waals surface area contributed by atoms with E-state index in [-0.39, 0.29) is 0 Å². The van der Waals surface area contributed by atoms with Crippen LogP contribution in [0.25, 0.3) is 0 Å². The van der Waals surface area contributed by atoms with E-state index in [1.165, 1.54) is 31.2 Å². The van der Waals surface area contributed by atoms with Crippen LogP contribution in [0.4, 0.5) is 0 Å². The van der Waals surface area contributed by atoms with Gasteiger partial charge in [-0.05, 0) is 56.0 Å². The van der Waals surface area contributed by atoms with E-state index in [0.29, 0.717) is 6.04 Å². The zero-order valence-electron chi connectivity index (χ0n) is 9.99. The molecule has 0 aliphatic heterocycles. The normalized spacial score (nSPS) is 33.7. The van der Waals surface area contributed by atoms with E-state index >= 15 is 0 Å². The maximum atomic E-state index is 5.23. The largest absolute Gasteiger partial charge is 0.472 e. The van der Waals surface area contributed by atoms with Crippen molar-refractivity contribution in [1.29, 1.82) is 0 Å². The Morgan fingerprint density at radius 1 is 1.38 bits per heavy atom. The molecule has 2 aliphatic rings. The van der Waals surface area contributed by atoms with Gasteiger partial charge in [0.1, 0.15) is 0 Å². The summed E-state index contributed by atoms with van der Waals surface area (Å²) in [5.41, 5.74) is 1.35. The van der Waals surface area contributed by atoms with Crippen molar-refractivity contribution >= 4 is 0 Å². The van der Waals surface area contributed by atoms with E-state index in [9.17, 15) is 0 Å². The van der Waals surface area contributed by atoms with E-state index in [2.05, 4.69) is 18.3 Å². The Labute approximate surface area is 97.4 Å². The first-order valence-corrected chi connectivity index (χ1v) is 6.64. The summed E-state index contributed by atoms with van der Waals surface area (Å²) in [6, 6.07) is 2.66. The molecule has 3 unspecified atom stereocenters. The Morgan fingerprint density at radius 3 is 2.81 bits per heavy atom. The summed E-state index contributed by atoms with van der Waals surface area (Å²) < 4.78 is 5.23. The van der Waals surface area contributed by atoms with Crippen molar-refractivity contribution in [2.45, 2.75) is 38.6 Å². The van der Waals surface area contributed by atoms with Crippen molar-refractivity contribution in [2.75, 3.05) is 6.54 Å². The van der Waals surface area contributed by atoms with Gasteiger partial charge in [0.05, 0.1) is 12.5 Å². The molecule has 0 spiro atoms. The molecule has 0 aromatic carbocycles. The van der Waals surface area contributed by atoms with Gasteiger partial charge >= 0.3 is 0 Å². The lowest BCUT2D eigenvalue weighted by Gasteiger charge is -2.25. The van der Waals surface area contributed by atoms with Crippen molar-refractivity contribution in [3.63, 3.8) is 0 Å². The molecule has 1 heterocycles. The molecule has 0 amide bonds. The summed E-state index contributed by atoms with van der Waals surface area (Å²) in [5, 5.41) is 3.69. The smallest absolute Gasteiger partial charge is 0.0950 e. The van der Waals surface area contributed by atoms with Gasteiger partial charge in [0.2, 0.25) is 0 Å². The first-order valence-electron chi connectivity index (χ1n) is 6.64. The molecule has 3 atom stereocenters. The van der Waals surface area contributed by atoms with Crippen LogP contribution in [-0.4, -0.2) is 6.54 Å². The molecule has 16 heavy (non-hydrogen) atoms. The zero-order valence-corrected chi connectivity index (χ0v) is 9.99. The minimum Gasteiger partial charge on any atom is -0.472 e. The Kier molecular flexibility index (Phi) is 2.76. The Morgan fingerprint density at radius 2 is 2.19 bits per heavy atom. The second-order valence-electron chi connectivity index (χ2n) is 5.48. The van der Waals surface area contributed by atoms with E-state index in [1.807, 2.05) is 6.26 Å². The summed E-state index contributed by atoms with van der Waals surface area (Å²) >= 11 is 0. The predicted octanol–water partition coefficient (Wildman–Crippen LogP) is 3.37. The third-order valence-corrected chi connectivity index (χ3v) is 4.27. The zero-order chi connectivity index (χ0) is 11.0. The molecule has 2 nitrogen and oxygen atoms in total. The molecule has 0 saturated heterocycles. The van der Waals surface area contributed by atoms with Gasteiger partial charge in [-0.1, -0.05) is 6.92 Å². The molecule has 1 aromatic heterocycles. The van der Waals surface area contributed by atoms with Crippen LogP contribution in [0.15, 0.2) is 23.0 Å². The topological polar surface area (TPSA) is 25.2 Å². The summed E-state index contributed by atoms with van der Waals surface area (Å²) in [5.74, 6) is 2.96. The van der Waals surface area contributed by atoms with Crippen LogP contribution in [0.5, 0.6) is 0 Å². The molecule has 0 bridgehead atoms. The van der Waals surface area contributed by atoms with Gasteiger partial charge in [-0.15, -0.1) is 0 Å². The van der Waals surface area contributed by atoms with E-state index < -0.39 is 0 Å². The third kappa shape index (κ3) is 1.91. The van der Waals surface area contributed by atoms with Crippen LogP contribution in [0, 0.1) is 17.8 Å². The molecule has 1 N–H and O–H groups in total. The maximum Gasteiger partial charge on any atom is 0.0950 e. The van der Waals surface area contributed by atoms with Gasteiger partial charge in [0, 0.05) is 11.6 Å². The Hall–Kier alpha value is -0.760.